The van der Waals surface area contributed by atoms with Gasteiger partial charge in [0, 0.05) is 49.8 Å². The molecule has 3 fully saturated rings. The summed E-state index contributed by atoms with van der Waals surface area (Å²) < 4.78 is 12.8. The van der Waals surface area contributed by atoms with E-state index in [2.05, 4.69) is 16.3 Å². The summed E-state index contributed by atoms with van der Waals surface area (Å²) in [7, 11) is 5.27. The van der Waals surface area contributed by atoms with Gasteiger partial charge in [-0.05, 0) is 55.0 Å². The molecule has 196 valence electrons. The Hall–Kier alpha value is -3.07. The molecule has 0 radical (unpaired) electrons. The number of ether oxygens (including phenoxy) is 2. The fourth-order valence-corrected chi connectivity index (χ4v) is 5.85. The molecule has 3 aliphatic rings. The van der Waals surface area contributed by atoms with Crippen LogP contribution < -0.4 is 14.8 Å². The lowest BCUT2D eigenvalue weighted by Crippen LogP contribution is -2.56. The first-order valence-corrected chi connectivity index (χ1v) is 12.6. The largest absolute Gasteiger partial charge is 0.493 e. The van der Waals surface area contributed by atoms with Crippen molar-refractivity contribution in [1.29, 1.82) is 0 Å². The summed E-state index contributed by atoms with van der Waals surface area (Å²) in [6.45, 7) is 6.23. The number of amides is 1. The number of methoxy groups -OCH3 is 2. The van der Waals surface area contributed by atoms with Crippen LogP contribution in [0.2, 0.25) is 0 Å². The first kappa shape index (κ1) is 26.0. The zero-order valence-corrected chi connectivity index (χ0v) is 21.9. The molecule has 0 aliphatic carbocycles. The van der Waals surface area contributed by atoms with E-state index >= 15 is 0 Å². The summed E-state index contributed by atoms with van der Waals surface area (Å²) in [5.41, 5.74) is 2.57. The molecule has 3 aliphatic heterocycles. The zero-order chi connectivity index (χ0) is 26.0. The van der Waals surface area contributed by atoms with Gasteiger partial charge >= 0.3 is 5.97 Å². The Balaban J connectivity index is 1.39. The highest BCUT2D eigenvalue weighted by atomic mass is 16.5. The van der Waals surface area contributed by atoms with Gasteiger partial charge in [0.05, 0.1) is 26.3 Å². The van der Waals surface area contributed by atoms with Gasteiger partial charge < -0.3 is 19.9 Å². The molecule has 2 bridgehead atoms. The van der Waals surface area contributed by atoms with Crippen molar-refractivity contribution in [2.45, 2.75) is 51.5 Å². The number of rotatable bonds is 10. The third-order valence-corrected chi connectivity index (χ3v) is 7.66. The molecule has 4 heterocycles. The lowest BCUT2D eigenvalue weighted by atomic mass is 9.74. The number of carbonyl (C=O) groups is 2. The van der Waals surface area contributed by atoms with Crippen molar-refractivity contribution in [3.63, 3.8) is 0 Å². The Bertz CT molecular complexity index is 1110. The van der Waals surface area contributed by atoms with Crippen LogP contribution in [0, 0.1) is 11.3 Å². The van der Waals surface area contributed by atoms with Crippen LogP contribution in [0.3, 0.4) is 0 Å². The van der Waals surface area contributed by atoms with E-state index in [4.69, 9.17) is 19.7 Å². The third-order valence-electron chi connectivity index (χ3n) is 7.66. The summed E-state index contributed by atoms with van der Waals surface area (Å²) in [6.07, 6.45) is 2.36. The van der Waals surface area contributed by atoms with Gasteiger partial charge in [0.15, 0.2) is 11.5 Å². The normalized spacial score (nSPS) is 23.4. The smallest absolute Gasteiger partial charge is 0.303 e. The number of aromatic nitrogens is 2. The number of benzene rings is 1. The Morgan fingerprint density at radius 2 is 1.92 bits per heavy atom. The Labute approximate surface area is 212 Å². The van der Waals surface area contributed by atoms with Crippen molar-refractivity contribution in [3.05, 3.63) is 30.0 Å². The minimum absolute atomic E-state index is 0.0181. The molecule has 1 aromatic heterocycles. The fourth-order valence-electron chi connectivity index (χ4n) is 5.85. The maximum absolute atomic E-state index is 12.5. The van der Waals surface area contributed by atoms with Crippen molar-refractivity contribution in [2.24, 2.45) is 18.4 Å². The van der Waals surface area contributed by atoms with E-state index in [1.165, 1.54) is 5.69 Å². The molecule has 5 rings (SSSR count). The Morgan fingerprint density at radius 3 is 2.56 bits per heavy atom. The quantitative estimate of drug-likeness (QED) is 0.518. The van der Waals surface area contributed by atoms with Crippen molar-refractivity contribution < 1.29 is 24.2 Å². The first-order valence-electron chi connectivity index (χ1n) is 12.6. The molecule has 1 amide bonds. The Kier molecular flexibility index (Phi) is 7.59. The van der Waals surface area contributed by atoms with Gasteiger partial charge in [-0.15, -0.1) is 0 Å². The second kappa shape index (κ2) is 10.5. The van der Waals surface area contributed by atoms with Gasteiger partial charge in [0.25, 0.3) is 0 Å². The lowest BCUT2D eigenvalue weighted by Gasteiger charge is -2.50. The molecule has 0 spiro atoms. The fraction of sp³-hybridized carbons (Fsp3) is 0.593. The van der Waals surface area contributed by atoms with Crippen molar-refractivity contribution in [3.8, 4) is 22.8 Å². The number of carboxylic acids is 1. The number of piperidine rings is 3. The molecule has 9 heteroatoms. The van der Waals surface area contributed by atoms with Crippen LogP contribution in [0.1, 0.15) is 51.1 Å². The van der Waals surface area contributed by atoms with E-state index in [1.807, 2.05) is 43.8 Å². The van der Waals surface area contributed by atoms with Gasteiger partial charge in [-0.1, -0.05) is 13.8 Å². The topological polar surface area (TPSA) is 106 Å². The highest BCUT2D eigenvalue weighted by Crippen LogP contribution is 2.42. The average Bonchev–Trinajstić information content (AvgIpc) is 3.22. The van der Waals surface area contributed by atoms with Gasteiger partial charge in [-0.2, -0.15) is 5.10 Å². The van der Waals surface area contributed by atoms with Gasteiger partial charge in [0.2, 0.25) is 5.91 Å². The molecular formula is C27H38N4O5. The van der Waals surface area contributed by atoms with E-state index in [9.17, 15) is 9.59 Å². The van der Waals surface area contributed by atoms with E-state index in [0.717, 1.165) is 37.2 Å². The number of fused-ring (bicyclic) bond motifs is 3. The molecule has 2 aromatic rings. The highest BCUT2D eigenvalue weighted by molar-refractivity contribution is 5.78. The van der Waals surface area contributed by atoms with Gasteiger partial charge in [-0.25, -0.2) is 0 Å². The molecule has 4 atom stereocenters. The molecular weight excluding hydrogens is 460 g/mol. The van der Waals surface area contributed by atoms with Crippen molar-refractivity contribution >= 4 is 11.9 Å². The maximum atomic E-state index is 12.5. The number of nitrogens with zero attached hydrogens (tertiary/aromatic N) is 3. The summed E-state index contributed by atoms with van der Waals surface area (Å²) in [5, 5.41) is 16.9. The second-order valence-corrected chi connectivity index (χ2v) is 10.9. The predicted octanol–water partition coefficient (Wildman–Crippen LogP) is 3.29. The SMILES string of the molecule is COc1ccc(-c2cc(C3CN4CCC3CC4CNC(=O)CC(C)(C)CC(=O)O)n(C)n2)cc1OC. The van der Waals surface area contributed by atoms with Crippen molar-refractivity contribution in [1.82, 2.24) is 20.0 Å². The van der Waals surface area contributed by atoms with E-state index in [0.29, 0.717) is 35.9 Å². The van der Waals surface area contributed by atoms with Crippen molar-refractivity contribution in [2.75, 3.05) is 33.9 Å². The summed E-state index contributed by atoms with van der Waals surface area (Å²) >= 11 is 0. The molecule has 2 N–H and O–H groups in total. The molecule has 9 nitrogen and oxygen atoms in total. The molecule has 3 saturated heterocycles. The van der Waals surface area contributed by atoms with Crippen LogP contribution in [-0.4, -0.2) is 71.6 Å². The third kappa shape index (κ3) is 5.67. The number of carbonyl (C=O) groups excluding carboxylic acids is 1. The van der Waals surface area contributed by atoms with Crippen LogP contribution in [-0.2, 0) is 16.6 Å². The molecule has 1 aromatic carbocycles. The average molecular weight is 499 g/mol. The summed E-state index contributed by atoms with van der Waals surface area (Å²) in [5.74, 6) is 1.35. The number of hydrogen-bond acceptors (Lipinski definition) is 6. The van der Waals surface area contributed by atoms with E-state index in [1.54, 1.807) is 14.2 Å². The van der Waals surface area contributed by atoms with Crippen LogP contribution in [0.5, 0.6) is 11.5 Å². The maximum Gasteiger partial charge on any atom is 0.303 e. The van der Waals surface area contributed by atoms with Crippen LogP contribution >= 0.6 is 0 Å². The number of hydrogen-bond donors (Lipinski definition) is 2. The van der Waals surface area contributed by atoms with Gasteiger partial charge in [-0.3, -0.25) is 19.2 Å². The van der Waals surface area contributed by atoms with E-state index in [-0.39, 0.29) is 18.7 Å². The monoisotopic (exact) mass is 498 g/mol. The summed E-state index contributed by atoms with van der Waals surface area (Å²) in [4.78, 5) is 26.0. The zero-order valence-electron chi connectivity index (χ0n) is 21.9. The lowest BCUT2D eigenvalue weighted by molar-refractivity contribution is -0.139. The number of aliphatic carboxylic acids is 1. The highest BCUT2D eigenvalue weighted by Gasteiger charge is 2.42. The summed E-state index contributed by atoms with van der Waals surface area (Å²) in [6, 6.07) is 8.36. The number of aryl methyl sites for hydroxylation is 1. The predicted molar refractivity (Wildman–Crippen MR) is 136 cm³/mol. The van der Waals surface area contributed by atoms with Crippen LogP contribution in [0.4, 0.5) is 0 Å². The molecule has 4 unspecified atom stereocenters. The number of carboxylic acid groups (broad SMARTS) is 1. The minimum atomic E-state index is -0.876. The molecule has 0 saturated carbocycles. The first-order chi connectivity index (χ1) is 17.1. The Morgan fingerprint density at radius 1 is 1.17 bits per heavy atom. The van der Waals surface area contributed by atoms with Gasteiger partial charge in [0.1, 0.15) is 0 Å². The second-order valence-electron chi connectivity index (χ2n) is 10.9. The van der Waals surface area contributed by atoms with E-state index < -0.39 is 11.4 Å². The van der Waals surface area contributed by atoms with Crippen LogP contribution in [0.15, 0.2) is 24.3 Å². The molecule has 36 heavy (non-hydrogen) atoms. The minimum Gasteiger partial charge on any atom is -0.493 e. The standard InChI is InChI=1S/C27H38N4O5/c1-27(2,14-26(33)34)13-25(32)28-15-19-10-17-8-9-31(19)16-20(17)22-12-21(29-30(22)3)18-6-7-23(35-4)24(11-18)36-5/h6-7,11-12,17,19-20H,8-10,13-16H2,1-5H3,(H,28,32)(H,33,34). The number of nitrogens with one attached hydrogen (secondary N) is 1. The van der Waals surface area contributed by atoms with Crippen LogP contribution in [0.25, 0.3) is 11.3 Å².